The van der Waals surface area contributed by atoms with Crippen LogP contribution in [0.3, 0.4) is 0 Å². The van der Waals surface area contributed by atoms with E-state index in [9.17, 15) is 9.18 Å². The van der Waals surface area contributed by atoms with Crippen molar-refractivity contribution in [2.24, 2.45) is 0 Å². The second-order valence-electron chi connectivity index (χ2n) is 7.15. The molecule has 1 unspecified atom stereocenters. The predicted octanol–water partition coefficient (Wildman–Crippen LogP) is 3.72. The van der Waals surface area contributed by atoms with Crippen molar-refractivity contribution in [2.75, 3.05) is 26.3 Å². The minimum absolute atomic E-state index is 0.0363. The zero-order valence-electron chi connectivity index (χ0n) is 16.9. The van der Waals surface area contributed by atoms with Crippen LogP contribution in [0.4, 0.5) is 4.39 Å². The molecule has 30 heavy (non-hydrogen) atoms. The van der Waals surface area contributed by atoms with Crippen molar-refractivity contribution < 1.29 is 13.9 Å². The third-order valence-corrected chi connectivity index (χ3v) is 6.02. The number of benzene rings is 2. The average molecular weight is 427 g/mol. The average Bonchev–Trinajstić information content (AvgIpc) is 3.18. The Morgan fingerprint density at radius 1 is 1.10 bits per heavy atom. The van der Waals surface area contributed by atoms with Crippen LogP contribution in [0.5, 0.6) is 0 Å². The smallest absolute Gasteiger partial charge is 0.236 e. The molecule has 1 amide bonds. The lowest BCUT2D eigenvalue weighted by Gasteiger charge is -2.28. The van der Waals surface area contributed by atoms with Gasteiger partial charge in [0.05, 0.1) is 24.0 Å². The SMILES string of the molecule is Cc1ccc(-n2c(SC(C)C(=O)N3CCOCC3)nnc2-c2ccccc2F)cc1. The Morgan fingerprint density at radius 2 is 1.80 bits per heavy atom. The van der Waals surface area contributed by atoms with E-state index in [0.717, 1.165) is 11.3 Å². The molecule has 2 heterocycles. The van der Waals surface area contributed by atoms with Crippen LogP contribution in [0.1, 0.15) is 12.5 Å². The van der Waals surface area contributed by atoms with E-state index in [1.807, 2.05) is 47.6 Å². The highest BCUT2D eigenvalue weighted by Gasteiger charge is 2.26. The summed E-state index contributed by atoms with van der Waals surface area (Å²) in [5.41, 5.74) is 2.30. The monoisotopic (exact) mass is 426 g/mol. The lowest BCUT2D eigenvalue weighted by atomic mass is 10.2. The highest BCUT2D eigenvalue weighted by Crippen LogP contribution is 2.32. The molecule has 0 aliphatic carbocycles. The molecule has 0 saturated carbocycles. The van der Waals surface area contributed by atoms with Gasteiger partial charge in [0.1, 0.15) is 5.82 Å². The molecule has 0 spiro atoms. The van der Waals surface area contributed by atoms with Crippen LogP contribution in [-0.2, 0) is 9.53 Å². The molecular weight excluding hydrogens is 403 g/mol. The summed E-state index contributed by atoms with van der Waals surface area (Å²) in [6, 6.07) is 14.4. The first-order valence-electron chi connectivity index (χ1n) is 9.85. The van der Waals surface area contributed by atoms with Gasteiger partial charge in [0.25, 0.3) is 0 Å². The number of nitrogens with zero attached hydrogens (tertiary/aromatic N) is 4. The molecule has 0 N–H and O–H groups in total. The van der Waals surface area contributed by atoms with Crippen LogP contribution in [0, 0.1) is 12.7 Å². The van der Waals surface area contributed by atoms with E-state index in [2.05, 4.69) is 10.2 Å². The summed E-state index contributed by atoms with van der Waals surface area (Å²) in [6.07, 6.45) is 0. The van der Waals surface area contributed by atoms with Gasteiger partial charge in [-0.25, -0.2) is 4.39 Å². The number of hydrogen-bond donors (Lipinski definition) is 0. The van der Waals surface area contributed by atoms with Gasteiger partial charge < -0.3 is 9.64 Å². The number of rotatable bonds is 5. The maximum Gasteiger partial charge on any atom is 0.236 e. The molecule has 0 bridgehead atoms. The Labute approximate surface area is 179 Å². The molecule has 1 atom stereocenters. The van der Waals surface area contributed by atoms with Gasteiger partial charge in [-0.2, -0.15) is 0 Å². The van der Waals surface area contributed by atoms with Crippen molar-refractivity contribution in [2.45, 2.75) is 24.3 Å². The Morgan fingerprint density at radius 3 is 2.50 bits per heavy atom. The number of morpholine rings is 1. The van der Waals surface area contributed by atoms with E-state index in [1.165, 1.54) is 17.8 Å². The molecule has 3 aromatic rings. The molecule has 156 valence electrons. The van der Waals surface area contributed by atoms with Crippen LogP contribution in [0.15, 0.2) is 53.7 Å². The highest BCUT2D eigenvalue weighted by molar-refractivity contribution is 8.00. The topological polar surface area (TPSA) is 60.2 Å². The fourth-order valence-corrected chi connectivity index (χ4v) is 4.29. The number of amides is 1. The summed E-state index contributed by atoms with van der Waals surface area (Å²) in [5.74, 6) is 0.0759. The summed E-state index contributed by atoms with van der Waals surface area (Å²) in [7, 11) is 0. The minimum atomic E-state index is -0.368. The van der Waals surface area contributed by atoms with Gasteiger partial charge in [0.15, 0.2) is 11.0 Å². The summed E-state index contributed by atoms with van der Waals surface area (Å²) in [5, 5.41) is 8.78. The van der Waals surface area contributed by atoms with Crippen molar-refractivity contribution in [3.8, 4) is 17.1 Å². The van der Waals surface area contributed by atoms with Crippen LogP contribution in [0.2, 0.25) is 0 Å². The summed E-state index contributed by atoms with van der Waals surface area (Å²) >= 11 is 1.33. The first-order chi connectivity index (χ1) is 14.5. The van der Waals surface area contributed by atoms with E-state index in [0.29, 0.717) is 42.8 Å². The van der Waals surface area contributed by atoms with Gasteiger partial charge in [0, 0.05) is 18.8 Å². The molecule has 6 nitrogen and oxygen atoms in total. The molecule has 2 aromatic carbocycles. The number of ether oxygens (including phenoxy) is 1. The first kappa shape index (κ1) is 20.6. The molecular formula is C22H23FN4O2S. The van der Waals surface area contributed by atoms with Gasteiger partial charge in [-0.3, -0.25) is 9.36 Å². The van der Waals surface area contributed by atoms with E-state index in [-0.39, 0.29) is 17.0 Å². The third-order valence-electron chi connectivity index (χ3n) is 4.99. The fourth-order valence-electron chi connectivity index (χ4n) is 3.34. The van der Waals surface area contributed by atoms with Crippen LogP contribution in [0.25, 0.3) is 17.1 Å². The Kier molecular flexibility index (Phi) is 6.15. The van der Waals surface area contributed by atoms with Crippen LogP contribution < -0.4 is 0 Å². The number of halogens is 1. The number of aromatic nitrogens is 3. The van der Waals surface area contributed by atoms with E-state index < -0.39 is 0 Å². The normalized spacial score (nSPS) is 15.2. The second kappa shape index (κ2) is 8.97. The zero-order valence-corrected chi connectivity index (χ0v) is 17.7. The quantitative estimate of drug-likeness (QED) is 0.582. The van der Waals surface area contributed by atoms with Crippen molar-refractivity contribution >= 4 is 17.7 Å². The van der Waals surface area contributed by atoms with Gasteiger partial charge in [0.2, 0.25) is 5.91 Å². The van der Waals surface area contributed by atoms with Crippen molar-refractivity contribution in [3.05, 3.63) is 59.9 Å². The van der Waals surface area contributed by atoms with E-state index >= 15 is 0 Å². The minimum Gasteiger partial charge on any atom is -0.378 e. The molecule has 1 saturated heterocycles. The lowest BCUT2D eigenvalue weighted by Crippen LogP contribution is -2.44. The molecule has 1 aliphatic heterocycles. The van der Waals surface area contributed by atoms with Gasteiger partial charge in [-0.1, -0.05) is 41.6 Å². The van der Waals surface area contributed by atoms with Crippen molar-refractivity contribution in [1.82, 2.24) is 19.7 Å². The number of carbonyl (C=O) groups excluding carboxylic acids is 1. The van der Waals surface area contributed by atoms with E-state index in [4.69, 9.17) is 4.74 Å². The largest absolute Gasteiger partial charge is 0.378 e. The molecule has 1 fully saturated rings. The molecule has 1 aliphatic rings. The maximum absolute atomic E-state index is 14.5. The number of carbonyl (C=O) groups is 1. The fraction of sp³-hybridized carbons (Fsp3) is 0.318. The van der Waals surface area contributed by atoms with Gasteiger partial charge in [-0.15, -0.1) is 10.2 Å². The standard InChI is InChI=1S/C22H23FN4O2S/c1-15-7-9-17(10-8-15)27-20(18-5-3-4-6-19(18)23)24-25-22(27)30-16(2)21(28)26-11-13-29-14-12-26/h3-10,16H,11-14H2,1-2H3. The summed E-state index contributed by atoms with van der Waals surface area (Å²) in [4.78, 5) is 14.7. The van der Waals surface area contributed by atoms with Crippen LogP contribution in [-0.4, -0.2) is 57.1 Å². The second-order valence-corrected chi connectivity index (χ2v) is 8.46. The number of thioether (sulfide) groups is 1. The Balaban J connectivity index is 1.70. The number of hydrogen-bond acceptors (Lipinski definition) is 5. The van der Waals surface area contributed by atoms with Crippen molar-refractivity contribution in [3.63, 3.8) is 0 Å². The number of aryl methyl sites for hydroxylation is 1. The Bertz CT molecular complexity index is 1030. The lowest BCUT2D eigenvalue weighted by molar-refractivity contribution is -0.134. The first-order valence-corrected chi connectivity index (χ1v) is 10.7. The van der Waals surface area contributed by atoms with Crippen LogP contribution >= 0.6 is 11.8 Å². The van der Waals surface area contributed by atoms with E-state index in [1.54, 1.807) is 18.2 Å². The molecule has 1 aromatic heterocycles. The zero-order chi connectivity index (χ0) is 21.1. The molecule has 0 radical (unpaired) electrons. The maximum atomic E-state index is 14.5. The summed E-state index contributed by atoms with van der Waals surface area (Å²) in [6.45, 7) is 6.16. The molecule has 8 heteroatoms. The molecule has 4 rings (SSSR count). The highest BCUT2D eigenvalue weighted by atomic mass is 32.2. The van der Waals surface area contributed by atoms with Gasteiger partial charge in [-0.05, 0) is 38.1 Å². The summed E-state index contributed by atoms with van der Waals surface area (Å²) < 4.78 is 21.7. The van der Waals surface area contributed by atoms with Gasteiger partial charge >= 0.3 is 0 Å². The predicted molar refractivity (Wildman–Crippen MR) is 114 cm³/mol. The van der Waals surface area contributed by atoms with Crippen molar-refractivity contribution in [1.29, 1.82) is 0 Å². The Hall–Kier alpha value is -2.71. The third kappa shape index (κ3) is 4.24.